The summed E-state index contributed by atoms with van der Waals surface area (Å²) in [5.74, 6) is 2.25. The van der Waals surface area contributed by atoms with Gasteiger partial charge in [0.25, 0.3) is 0 Å². The third-order valence-corrected chi connectivity index (χ3v) is 2.09. The third-order valence-electron chi connectivity index (χ3n) is 2.09. The zero-order valence-electron chi connectivity index (χ0n) is 17.0. The standard InChI is InChI=1S/C13H12.C3H4.2C2H6.2CHF3/c1-3-7-12(8-4-1)11-13-9-5-2-6-10-13;1-3-2;2*1-2;2*2-1(3)4/h1-10H,11H2;1H,2H3;2*1-2H3;2*1H. The Morgan fingerprint density at radius 3 is 1.00 bits per heavy atom. The summed E-state index contributed by atoms with van der Waals surface area (Å²) in [6.07, 6.45) is 5.63. The third kappa shape index (κ3) is 38.9. The molecule has 0 aliphatic rings. The maximum Gasteiger partial charge on any atom is 0.379 e. The second kappa shape index (κ2) is 29.3. The van der Waals surface area contributed by atoms with Gasteiger partial charge in [0.05, 0.1) is 0 Å². The van der Waals surface area contributed by atoms with Crippen molar-refractivity contribution in [1.29, 1.82) is 0 Å². The van der Waals surface area contributed by atoms with Crippen LogP contribution in [0.4, 0.5) is 26.3 Å². The fraction of sp³-hybridized carbons (Fsp3) is 0.364. The lowest BCUT2D eigenvalue weighted by molar-refractivity contribution is 0.00734. The number of terminal acetylenes is 1. The van der Waals surface area contributed by atoms with Gasteiger partial charge in [0, 0.05) is 0 Å². The molecule has 0 atom stereocenters. The number of hydrogen-bond acceptors (Lipinski definition) is 0. The van der Waals surface area contributed by atoms with Crippen molar-refractivity contribution in [2.45, 2.75) is 54.4 Å². The Labute approximate surface area is 165 Å². The van der Waals surface area contributed by atoms with Crippen LogP contribution in [-0.4, -0.2) is 13.4 Å². The number of rotatable bonds is 2. The average molecular weight is 408 g/mol. The van der Waals surface area contributed by atoms with Crippen molar-refractivity contribution in [1.82, 2.24) is 0 Å². The van der Waals surface area contributed by atoms with E-state index >= 15 is 0 Å². The van der Waals surface area contributed by atoms with E-state index in [2.05, 4.69) is 73.0 Å². The van der Waals surface area contributed by atoms with Gasteiger partial charge in [0.2, 0.25) is 0 Å². The summed E-state index contributed by atoms with van der Waals surface area (Å²) in [6, 6.07) is 21.1. The fourth-order valence-electron chi connectivity index (χ4n) is 1.43. The second-order valence-electron chi connectivity index (χ2n) is 3.93. The molecule has 2 rings (SSSR count). The highest BCUT2D eigenvalue weighted by molar-refractivity contribution is 5.25. The topological polar surface area (TPSA) is 0 Å². The van der Waals surface area contributed by atoms with Gasteiger partial charge < -0.3 is 0 Å². The number of halogens is 6. The van der Waals surface area contributed by atoms with Crippen LogP contribution in [0, 0.1) is 12.3 Å². The summed E-state index contributed by atoms with van der Waals surface area (Å²) in [5, 5.41) is 0. The Morgan fingerprint density at radius 2 is 0.821 bits per heavy atom. The first kappa shape index (κ1) is 33.2. The van der Waals surface area contributed by atoms with E-state index in [-0.39, 0.29) is 0 Å². The maximum atomic E-state index is 9.67. The van der Waals surface area contributed by atoms with Crippen molar-refractivity contribution in [2.24, 2.45) is 0 Å². The van der Waals surface area contributed by atoms with E-state index in [9.17, 15) is 26.3 Å². The molecule has 0 aromatic heterocycles. The predicted octanol–water partition coefficient (Wildman–Crippen LogP) is 8.33. The number of benzene rings is 2. The minimum absolute atomic E-state index is 1.03. The molecule has 0 saturated heterocycles. The molecule has 0 fully saturated rings. The first-order valence-corrected chi connectivity index (χ1v) is 8.63. The molecular weight excluding hydrogens is 378 g/mol. The summed E-state index contributed by atoms with van der Waals surface area (Å²) in [4.78, 5) is 0. The van der Waals surface area contributed by atoms with E-state index in [1.54, 1.807) is 6.92 Å². The lowest BCUT2D eigenvalue weighted by atomic mass is 10.1. The molecule has 0 radical (unpaired) electrons. The molecule has 0 heterocycles. The van der Waals surface area contributed by atoms with Crippen molar-refractivity contribution in [3.05, 3.63) is 71.8 Å². The van der Waals surface area contributed by atoms with Crippen LogP contribution in [-0.2, 0) is 6.42 Å². The summed E-state index contributed by atoms with van der Waals surface area (Å²) < 4.78 is 58.0. The van der Waals surface area contributed by atoms with E-state index in [0.717, 1.165) is 6.42 Å². The Balaban J connectivity index is -0.000000161. The smallest absolute Gasteiger partial charge is 0.174 e. The Bertz CT molecular complexity index is 473. The molecule has 0 unspecified atom stereocenters. The molecule has 0 spiro atoms. The number of hydrogen-bond donors (Lipinski definition) is 0. The van der Waals surface area contributed by atoms with Gasteiger partial charge in [0.15, 0.2) is 0 Å². The van der Waals surface area contributed by atoms with Gasteiger partial charge in [-0.25, -0.2) is 0 Å². The van der Waals surface area contributed by atoms with Gasteiger partial charge in [-0.15, -0.1) is 12.3 Å². The van der Waals surface area contributed by atoms with Crippen LogP contribution >= 0.6 is 0 Å². The van der Waals surface area contributed by atoms with Gasteiger partial charge in [-0.2, -0.15) is 26.3 Å². The van der Waals surface area contributed by atoms with E-state index in [0.29, 0.717) is 0 Å². The molecule has 160 valence electrons. The van der Waals surface area contributed by atoms with Crippen LogP contribution in [0.2, 0.25) is 0 Å². The molecule has 0 bridgehead atoms. The lowest BCUT2D eigenvalue weighted by Crippen LogP contribution is -1.85. The molecule has 28 heavy (non-hydrogen) atoms. The van der Waals surface area contributed by atoms with Gasteiger partial charge >= 0.3 is 13.4 Å². The SMILES string of the molecule is C#CC.CC.CC.FC(F)F.FC(F)F.c1ccc(Cc2ccccc2)cc1. The molecule has 2 aromatic rings. The molecule has 2 aromatic carbocycles. The molecule has 0 nitrogen and oxygen atoms in total. The summed E-state index contributed by atoms with van der Waals surface area (Å²) in [7, 11) is 0. The first-order chi connectivity index (χ1) is 13.3. The largest absolute Gasteiger partial charge is 0.379 e. The number of alkyl halides is 6. The van der Waals surface area contributed by atoms with E-state index in [4.69, 9.17) is 0 Å². The normalized spacial score (nSPS) is 7.86. The molecule has 0 N–H and O–H groups in total. The molecule has 0 saturated carbocycles. The Morgan fingerprint density at radius 1 is 0.643 bits per heavy atom. The van der Waals surface area contributed by atoms with E-state index < -0.39 is 13.4 Å². The van der Waals surface area contributed by atoms with Crippen LogP contribution in [0.5, 0.6) is 0 Å². The first-order valence-electron chi connectivity index (χ1n) is 8.63. The summed E-state index contributed by atoms with van der Waals surface area (Å²) >= 11 is 0. The van der Waals surface area contributed by atoms with Gasteiger partial charge in [0.1, 0.15) is 0 Å². The van der Waals surface area contributed by atoms with Crippen LogP contribution in [0.25, 0.3) is 0 Å². The zero-order valence-corrected chi connectivity index (χ0v) is 17.0. The summed E-state index contributed by atoms with van der Waals surface area (Å²) in [5.41, 5.74) is 2.74. The predicted molar refractivity (Wildman–Crippen MR) is 107 cm³/mol. The van der Waals surface area contributed by atoms with Gasteiger partial charge in [-0.1, -0.05) is 88.4 Å². The van der Waals surface area contributed by atoms with Crippen LogP contribution in [0.1, 0.15) is 45.7 Å². The van der Waals surface area contributed by atoms with Crippen molar-refractivity contribution in [3.63, 3.8) is 0 Å². The van der Waals surface area contributed by atoms with Crippen LogP contribution in [0.3, 0.4) is 0 Å². The van der Waals surface area contributed by atoms with Gasteiger partial charge in [-0.3, -0.25) is 0 Å². The van der Waals surface area contributed by atoms with E-state index in [1.807, 2.05) is 27.7 Å². The Kier molecular flexibility index (Phi) is 34.8. The molecule has 0 aliphatic heterocycles. The quantitative estimate of drug-likeness (QED) is 0.346. The highest BCUT2D eigenvalue weighted by Crippen LogP contribution is 2.07. The van der Waals surface area contributed by atoms with E-state index in [1.165, 1.54) is 11.1 Å². The van der Waals surface area contributed by atoms with Crippen LogP contribution < -0.4 is 0 Å². The van der Waals surface area contributed by atoms with Gasteiger partial charge in [-0.05, 0) is 24.5 Å². The highest BCUT2D eigenvalue weighted by Gasteiger charge is 1.92. The van der Waals surface area contributed by atoms with Crippen molar-refractivity contribution in [2.75, 3.05) is 0 Å². The molecule has 6 heteroatoms. The Hall–Kier alpha value is -2.42. The fourth-order valence-corrected chi connectivity index (χ4v) is 1.43. The van der Waals surface area contributed by atoms with Crippen molar-refractivity contribution < 1.29 is 26.3 Å². The minimum Gasteiger partial charge on any atom is -0.174 e. The van der Waals surface area contributed by atoms with Crippen molar-refractivity contribution in [3.8, 4) is 12.3 Å². The lowest BCUT2D eigenvalue weighted by Gasteiger charge is -2.00. The zero-order chi connectivity index (χ0) is 22.8. The molecular formula is C22H30F6. The van der Waals surface area contributed by atoms with Crippen LogP contribution in [0.15, 0.2) is 60.7 Å². The monoisotopic (exact) mass is 408 g/mol. The molecule has 0 aliphatic carbocycles. The summed E-state index contributed by atoms with van der Waals surface area (Å²) in [6.45, 7) is 2.32. The average Bonchev–Trinajstić information content (AvgIpc) is 2.66. The van der Waals surface area contributed by atoms with Crippen molar-refractivity contribution >= 4 is 0 Å². The molecule has 0 amide bonds. The second-order valence-corrected chi connectivity index (χ2v) is 3.93. The highest BCUT2D eigenvalue weighted by atomic mass is 19.4. The maximum absolute atomic E-state index is 9.67. The minimum atomic E-state index is -3.67.